The summed E-state index contributed by atoms with van der Waals surface area (Å²) in [4.78, 5) is 0. The maximum atomic E-state index is 6.23. The van der Waals surface area contributed by atoms with Crippen LogP contribution in [0.25, 0.3) is 0 Å². The topological polar surface area (TPSA) is 35.2 Å². The van der Waals surface area contributed by atoms with Crippen LogP contribution in [0.5, 0.6) is 0 Å². The highest BCUT2D eigenvalue weighted by Gasteiger charge is 2.42. The third-order valence-corrected chi connectivity index (χ3v) is 4.00. The van der Waals surface area contributed by atoms with Gasteiger partial charge in [-0.2, -0.15) is 0 Å². The smallest absolute Gasteiger partial charge is 0.0832 e. The van der Waals surface area contributed by atoms with E-state index in [9.17, 15) is 0 Å². The lowest BCUT2D eigenvalue weighted by molar-refractivity contribution is -0.0994. The Morgan fingerprint density at radius 1 is 1.13 bits per heavy atom. The molecule has 0 amide bonds. The highest BCUT2D eigenvalue weighted by Crippen LogP contribution is 2.43. The average Bonchev–Trinajstić information content (AvgIpc) is 2.21. The molecular formula is C13H27NO. The molecule has 0 heterocycles. The first-order chi connectivity index (χ1) is 6.96. The largest absolute Gasteiger partial charge is 0.374 e. The second-order valence-electron chi connectivity index (χ2n) is 5.68. The minimum absolute atomic E-state index is 0.0288. The standard InChI is InChI=1S/C13H27NO/c1-5-11(14)13(15-6-2)9-7-12(3,4)8-10-13/h11H,5-10,14H2,1-4H3. The number of ether oxygens (including phenoxy) is 1. The van der Waals surface area contributed by atoms with E-state index in [1.54, 1.807) is 0 Å². The Morgan fingerprint density at radius 2 is 1.67 bits per heavy atom. The Morgan fingerprint density at radius 3 is 2.07 bits per heavy atom. The molecule has 1 atom stereocenters. The van der Waals surface area contributed by atoms with Crippen LogP contribution in [0.2, 0.25) is 0 Å². The minimum atomic E-state index is -0.0288. The van der Waals surface area contributed by atoms with E-state index in [0.717, 1.165) is 25.9 Å². The van der Waals surface area contributed by atoms with Gasteiger partial charge in [0.2, 0.25) is 0 Å². The monoisotopic (exact) mass is 213 g/mol. The lowest BCUT2D eigenvalue weighted by Crippen LogP contribution is -2.52. The predicted molar refractivity (Wildman–Crippen MR) is 64.9 cm³/mol. The van der Waals surface area contributed by atoms with Crippen LogP contribution in [0.15, 0.2) is 0 Å². The van der Waals surface area contributed by atoms with Crippen molar-refractivity contribution in [3.63, 3.8) is 0 Å². The Balaban J connectivity index is 2.68. The number of nitrogens with two attached hydrogens (primary N) is 1. The minimum Gasteiger partial charge on any atom is -0.374 e. The van der Waals surface area contributed by atoms with Gasteiger partial charge in [0.05, 0.1) is 5.60 Å². The molecule has 0 aromatic rings. The van der Waals surface area contributed by atoms with Crippen LogP contribution in [0, 0.1) is 5.41 Å². The number of rotatable bonds is 4. The molecule has 0 aromatic heterocycles. The predicted octanol–water partition coefficient (Wildman–Crippen LogP) is 3.10. The van der Waals surface area contributed by atoms with Gasteiger partial charge in [-0.1, -0.05) is 20.8 Å². The molecule has 0 aromatic carbocycles. The van der Waals surface area contributed by atoms with Crippen molar-refractivity contribution >= 4 is 0 Å². The fraction of sp³-hybridized carbons (Fsp3) is 1.00. The first-order valence-corrected chi connectivity index (χ1v) is 6.35. The van der Waals surface area contributed by atoms with Gasteiger partial charge in [-0.05, 0) is 44.4 Å². The quantitative estimate of drug-likeness (QED) is 0.779. The molecule has 0 saturated heterocycles. The van der Waals surface area contributed by atoms with Gasteiger partial charge in [0, 0.05) is 12.6 Å². The van der Waals surface area contributed by atoms with Crippen molar-refractivity contribution in [1.82, 2.24) is 0 Å². The summed E-state index contributed by atoms with van der Waals surface area (Å²) in [6.45, 7) is 9.71. The molecule has 2 nitrogen and oxygen atoms in total. The van der Waals surface area contributed by atoms with Gasteiger partial charge < -0.3 is 10.5 Å². The summed E-state index contributed by atoms with van der Waals surface area (Å²) in [5, 5.41) is 0. The summed E-state index contributed by atoms with van der Waals surface area (Å²) in [5.41, 5.74) is 6.68. The number of hydrogen-bond donors (Lipinski definition) is 1. The van der Waals surface area contributed by atoms with Gasteiger partial charge in [-0.25, -0.2) is 0 Å². The second-order valence-corrected chi connectivity index (χ2v) is 5.68. The van der Waals surface area contributed by atoms with Crippen molar-refractivity contribution < 1.29 is 4.74 Å². The van der Waals surface area contributed by atoms with E-state index in [-0.39, 0.29) is 11.6 Å². The molecule has 15 heavy (non-hydrogen) atoms. The van der Waals surface area contributed by atoms with Gasteiger partial charge in [0.1, 0.15) is 0 Å². The molecule has 1 aliphatic carbocycles. The van der Waals surface area contributed by atoms with Crippen LogP contribution in [-0.2, 0) is 4.74 Å². The van der Waals surface area contributed by atoms with Gasteiger partial charge in [0.25, 0.3) is 0 Å². The van der Waals surface area contributed by atoms with Crippen LogP contribution in [-0.4, -0.2) is 18.2 Å². The first-order valence-electron chi connectivity index (χ1n) is 6.35. The van der Waals surface area contributed by atoms with Crippen LogP contribution >= 0.6 is 0 Å². The zero-order valence-corrected chi connectivity index (χ0v) is 10.8. The third kappa shape index (κ3) is 2.94. The molecular weight excluding hydrogens is 186 g/mol. The molecule has 1 unspecified atom stereocenters. The van der Waals surface area contributed by atoms with Gasteiger partial charge in [-0.3, -0.25) is 0 Å². The van der Waals surface area contributed by atoms with Crippen molar-refractivity contribution in [2.75, 3.05) is 6.61 Å². The third-order valence-electron chi connectivity index (χ3n) is 4.00. The molecule has 1 saturated carbocycles. The molecule has 0 aliphatic heterocycles. The summed E-state index contributed by atoms with van der Waals surface area (Å²) < 4.78 is 5.99. The van der Waals surface area contributed by atoms with E-state index in [0.29, 0.717) is 5.41 Å². The van der Waals surface area contributed by atoms with E-state index in [4.69, 9.17) is 10.5 Å². The van der Waals surface area contributed by atoms with Crippen molar-refractivity contribution in [3.05, 3.63) is 0 Å². The van der Waals surface area contributed by atoms with Crippen LogP contribution in [0.4, 0.5) is 0 Å². The summed E-state index contributed by atoms with van der Waals surface area (Å²) in [5.74, 6) is 0. The van der Waals surface area contributed by atoms with Crippen molar-refractivity contribution in [1.29, 1.82) is 0 Å². The van der Waals surface area contributed by atoms with Crippen molar-refractivity contribution in [3.8, 4) is 0 Å². The molecule has 90 valence electrons. The Kier molecular flexibility index (Phi) is 4.19. The number of hydrogen-bond acceptors (Lipinski definition) is 2. The highest BCUT2D eigenvalue weighted by atomic mass is 16.5. The molecule has 0 radical (unpaired) electrons. The first kappa shape index (κ1) is 13.0. The van der Waals surface area contributed by atoms with Gasteiger partial charge in [-0.15, -0.1) is 0 Å². The molecule has 1 rings (SSSR count). The summed E-state index contributed by atoms with van der Waals surface area (Å²) in [6, 6.07) is 0.202. The fourth-order valence-corrected chi connectivity index (χ4v) is 2.63. The van der Waals surface area contributed by atoms with Crippen LogP contribution in [0.1, 0.15) is 59.8 Å². The van der Waals surface area contributed by atoms with E-state index in [2.05, 4.69) is 27.7 Å². The lowest BCUT2D eigenvalue weighted by atomic mass is 9.68. The van der Waals surface area contributed by atoms with Crippen molar-refractivity contribution in [2.24, 2.45) is 11.1 Å². The van der Waals surface area contributed by atoms with Gasteiger partial charge in [0.15, 0.2) is 0 Å². The van der Waals surface area contributed by atoms with Crippen LogP contribution < -0.4 is 5.73 Å². The molecule has 2 heteroatoms. The average molecular weight is 213 g/mol. The summed E-state index contributed by atoms with van der Waals surface area (Å²) in [6.07, 6.45) is 5.74. The van der Waals surface area contributed by atoms with E-state index in [1.165, 1.54) is 12.8 Å². The summed E-state index contributed by atoms with van der Waals surface area (Å²) >= 11 is 0. The van der Waals surface area contributed by atoms with Crippen LogP contribution in [0.3, 0.4) is 0 Å². The normalized spacial score (nSPS) is 26.2. The Bertz CT molecular complexity index is 191. The van der Waals surface area contributed by atoms with E-state index >= 15 is 0 Å². The molecule has 0 bridgehead atoms. The molecule has 0 spiro atoms. The van der Waals surface area contributed by atoms with Crippen molar-refractivity contribution in [2.45, 2.75) is 71.4 Å². The molecule has 2 N–H and O–H groups in total. The van der Waals surface area contributed by atoms with E-state index in [1.807, 2.05) is 0 Å². The maximum absolute atomic E-state index is 6.23. The fourth-order valence-electron chi connectivity index (χ4n) is 2.63. The Labute approximate surface area is 94.6 Å². The van der Waals surface area contributed by atoms with Gasteiger partial charge >= 0.3 is 0 Å². The second kappa shape index (κ2) is 4.84. The lowest BCUT2D eigenvalue weighted by Gasteiger charge is -2.46. The zero-order valence-electron chi connectivity index (χ0n) is 10.8. The van der Waals surface area contributed by atoms with E-state index < -0.39 is 0 Å². The molecule has 1 aliphatic rings. The highest BCUT2D eigenvalue weighted by molar-refractivity contribution is 4.97. The maximum Gasteiger partial charge on any atom is 0.0832 e. The zero-order chi connectivity index (χ0) is 11.5. The molecule has 1 fully saturated rings. The SMILES string of the molecule is CCOC1(C(N)CC)CCC(C)(C)CC1. The summed E-state index contributed by atoms with van der Waals surface area (Å²) in [7, 11) is 0. The Hall–Kier alpha value is -0.0800.